The molecule has 1 unspecified atom stereocenters. The number of carbonyl (C=O) groups excluding carboxylic acids is 2. The third kappa shape index (κ3) is 38.7. The predicted octanol–water partition coefficient (Wildman–Crippen LogP) is 9.22. The van der Waals surface area contributed by atoms with Crippen molar-refractivity contribution in [2.24, 2.45) is 0 Å². The normalized spacial score (nSPS) is 15.2. The number of ether oxygens (including phenoxy) is 2. The number of quaternary nitrogens is 1. The van der Waals surface area contributed by atoms with E-state index in [1.165, 1.54) is 77.0 Å². The van der Waals surface area contributed by atoms with Crippen LogP contribution in [0, 0.1) is 0 Å². The third-order valence-electron chi connectivity index (χ3n) is 9.04. The van der Waals surface area contributed by atoms with Gasteiger partial charge in [-0.25, -0.2) is 0 Å². The van der Waals surface area contributed by atoms with Crippen LogP contribution in [0.3, 0.4) is 0 Å². The van der Waals surface area contributed by atoms with Crippen molar-refractivity contribution >= 4 is 19.8 Å². The molecule has 4 atom stereocenters. The van der Waals surface area contributed by atoms with E-state index in [1.807, 2.05) is 27.2 Å². The van der Waals surface area contributed by atoms with Gasteiger partial charge in [-0.15, -0.1) is 0 Å². The third-order valence-corrected chi connectivity index (χ3v) is 10.0. The highest BCUT2D eigenvalue weighted by molar-refractivity contribution is 7.45. The summed E-state index contributed by atoms with van der Waals surface area (Å²) in [5.41, 5.74) is 0. The van der Waals surface area contributed by atoms with Crippen LogP contribution in [0.25, 0.3) is 0 Å². The molecule has 0 rings (SSSR count). The Bertz CT molecular complexity index is 1130. The maximum atomic E-state index is 12.6. The van der Waals surface area contributed by atoms with E-state index >= 15 is 0 Å². The summed E-state index contributed by atoms with van der Waals surface area (Å²) in [6.07, 6.45) is 33.4. The fourth-order valence-electron chi connectivity index (χ4n) is 5.55. The number of esters is 2. The number of phosphoric ester groups is 1. The second-order valence-corrected chi connectivity index (χ2v) is 17.2. The van der Waals surface area contributed by atoms with E-state index in [9.17, 15) is 29.3 Å². The molecule has 0 aliphatic carbocycles. The molecule has 56 heavy (non-hydrogen) atoms. The fourth-order valence-corrected chi connectivity index (χ4v) is 6.28. The highest BCUT2D eigenvalue weighted by Crippen LogP contribution is 2.38. The summed E-state index contributed by atoms with van der Waals surface area (Å²) < 4.78 is 33.6. The molecule has 0 aliphatic heterocycles. The zero-order valence-electron chi connectivity index (χ0n) is 35.8. The van der Waals surface area contributed by atoms with Gasteiger partial charge in [0.1, 0.15) is 19.8 Å². The second kappa shape index (κ2) is 36.0. The number of allylic oxidation sites excluding steroid dienone is 5. The van der Waals surface area contributed by atoms with E-state index in [1.54, 1.807) is 36.5 Å². The molecule has 0 aromatic heterocycles. The molecular formula is C44H80NO10P. The zero-order chi connectivity index (χ0) is 41.8. The van der Waals surface area contributed by atoms with Crippen molar-refractivity contribution in [3.63, 3.8) is 0 Å². The van der Waals surface area contributed by atoms with Gasteiger partial charge < -0.3 is 38.1 Å². The summed E-state index contributed by atoms with van der Waals surface area (Å²) in [6, 6.07) is 0. The lowest BCUT2D eigenvalue weighted by molar-refractivity contribution is -0.870. The van der Waals surface area contributed by atoms with Gasteiger partial charge in [0.05, 0.1) is 40.0 Å². The first-order valence-corrected chi connectivity index (χ1v) is 23.0. The number of phosphoric acid groups is 1. The molecule has 0 bridgehead atoms. The lowest BCUT2D eigenvalue weighted by atomic mass is 10.0. The Labute approximate surface area is 340 Å². The van der Waals surface area contributed by atoms with Gasteiger partial charge in [0.2, 0.25) is 0 Å². The topological polar surface area (TPSA) is 152 Å². The minimum Gasteiger partial charge on any atom is -0.756 e. The van der Waals surface area contributed by atoms with Crippen molar-refractivity contribution in [1.82, 2.24) is 0 Å². The smallest absolute Gasteiger partial charge is 0.306 e. The predicted molar refractivity (Wildman–Crippen MR) is 225 cm³/mol. The van der Waals surface area contributed by atoms with Crippen molar-refractivity contribution in [3.05, 3.63) is 48.6 Å². The van der Waals surface area contributed by atoms with Gasteiger partial charge in [-0.3, -0.25) is 14.2 Å². The number of aliphatic hydroxyl groups is 2. The van der Waals surface area contributed by atoms with Crippen molar-refractivity contribution < 1.29 is 52.3 Å². The van der Waals surface area contributed by atoms with E-state index in [0.29, 0.717) is 36.7 Å². The summed E-state index contributed by atoms with van der Waals surface area (Å²) >= 11 is 0. The lowest BCUT2D eigenvalue weighted by Crippen LogP contribution is -2.37. The molecule has 0 saturated heterocycles. The van der Waals surface area contributed by atoms with Gasteiger partial charge in [0.15, 0.2) is 6.10 Å². The molecule has 0 radical (unpaired) electrons. The number of carbonyl (C=O) groups is 2. The average Bonchev–Trinajstić information content (AvgIpc) is 3.13. The summed E-state index contributed by atoms with van der Waals surface area (Å²) in [6.45, 7) is 3.87. The van der Waals surface area contributed by atoms with Gasteiger partial charge in [-0.1, -0.05) is 152 Å². The number of unbranched alkanes of at least 4 members (excludes halogenated alkanes) is 15. The van der Waals surface area contributed by atoms with Crippen LogP contribution in [0.1, 0.15) is 155 Å². The van der Waals surface area contributed by atoms with E-state index in [-0.39, 0.29) is 26.1 Å². The quantitative estimate of drug-likeness (QED) is 0.0154. The monoisotopic (exact) mass is 814 g/mol. The minimum absolute atomic E-state index is 0.0170. The minimum atomic E-state index is -4.68. The van der Waals surface area contributed by atoms with Crippen LogP contribution in [0.15, 0.2) is 48.6 Å². The average molecular weight is 814 g/mol. The Morgan fingerprint density at radius 3 is 1.79 bits per heavy atom. The first kappa shape index (κ1) is 53.9. The molecule has 11 nitrogen and oxygen atoms in total. The summed E-state index contributed by atoms with van der Waals surface area (Å²) in [5.74, 6) is -1.08. The van der Waals surface area contributed by atoms with Crippen molar-refractivity contribution in [2.45, 2.75) is 173 Å². The molecule has 0 saturated carbocycles. The molecule has 0 amide bonds. The molecule has 0 fully saturated rings. The van der Waals surface area contributed by atoms with Crippen LogP contribution in [0.4, 0.5) is 0 Å². The van der Waals surface area contributed by atoms with Crippen molar-refractivity contribution in [3.8, 4) is 0 Å². The maximum absolute atomic E-state index is 12.6. The molecule has 12 heteroatoms. The zero-order valence-corrected chi connectivity index (χ0v) is 36.7. The SMILES string of the molecule is CCCCC/C=C\C[C@@H](O)/C=C/C=C/C=C\[C@@H](O)CCCC(=O)OC[C@H](COP(=O)([O-])OCC[N+](C)(C)C)OC(=O)CCCCCCCCCCCCCCC. The summed E-state index contributed by atoms with van der Waals surface area (Å²) in [4.78, 5) is 37.5. The number of rotatable bonds is 38. The largest absolute Gasteiger partial charge is 0.756 e. The van der Waals surface area contributed by atoms with Crippen molar-refractivity contribution in [2.75, 3.05) is 47.5 Å². The van der Waals surface area contributed by atoms with Gasteiger partial charge in [-0.05, 0) is 38.5 Å². The van der Waals surface area contributed by atoms with Crippen molar-refractivity contribution in [1.29, 1.82) is 0 Å². The number of hydrogen-bond donors (Lipinski definition) is 2. The van der Waals surface area contributed by atoms with Crippen LogP contribution in [-0.2, 0) is 32.7 Å². The molecule has 0 aromatic carbocycles. The van der Waals surface area contributed by atoms with E-state index in [0.717, 1.165) is 25.7 Å². The molecule has 2 N–H and O–H groups in total. The van der Waals surface area contributed by atoms with Gasteiger partial charge in [-0.2, -0.15) is 0 Å². The van der Waals surface area contributed by atoms with Crippen LogP contribution in [-0.4, -0.2) is 92.5 Å². The second-order valence-electron chi connectivity index (χ2n) is 15.8. The number of aliphatic hydroxyl groups excluding tert-OH is 2. The molecule has 0 aromatic rings. The van der Waals surface area contributed by atoms with Crippen LogP contribution in [0.2, 0.25) is 0 Å². The Hall–Kier alpha value is -2.11. The molecule has 0 aliphatic rings. The maximum Gasteiger partial charge on any atom is 0.306 e. The summed E-state index contributed by atoms with van der Waals surface area (Å²) in [7, 11) is 1.03. The Morgan fingerprint density at radius 1 is 0.661 bits per heavy atom. The first-order valence-electron chi connectivity index (χ1n) is 21.6. The lowest BCUT2D eigenvalue weighted by Gasteiger charge is -2.28. The van der Waals surface area contributed by atoms with Gasteiger partial charge in [0.25, 0.3) is 7.82 Å². The fraction of sp³-hybridized carbons (Fsp3) is 0.773. The van der Waals surface area contributed by atoms with Gasteiger partial charge >= 0.3 is 11.9 Å². The van der Waals surface area contributed by atoms with Crippen LogP contribution >= 0.6 is 7.82 Å². The van der Waals surface area contributed by atoms with Crippen LogP contribution < -0.4 is 4.89 Å². The Kier molecular flexibility index (Phi) is 34.6. The molecule has 0 heterocycles. The molecule has 0 spiro atoms. The number of nitrogens with zero attached hydrogens (tertiary/aromatic N) is 1. The number of likely N-dealkylation sites (N-methyl/N-ethyl adjacent to an activating group) is 1. The Balaban J connectivity index is 4.63. The number of hydrogen-bond acceptors (Lipinski definition) is 10. The highest BCUT2D eigenvalue weighted by Gasteiger charge is 2.22. The highest BCUT2D eigenvalue weighted by atomic mass is 31.2. The van der Waals surface area contributed by atoms with Crippen LogP contribution in [0.5, 0.6) is 0 Å². The van der Waals surface area contributed by atoms with E-state index < -0.39 is 44.7 Å². The first-order chi connectivity index (χ1) is 26.8. The standard InChI is InChI=1S/C44H80NO10P/c1-6-8-10-12-14-15-16-17-18-19-20-22-28-34-44(49)55-42(39-54-56(50,51)53-37-36-45(3,4)5)38-52-43(48)35-29-33-41(47)32-27-24-23-26-31-40(46)30-25-21-13-11-9-7-2/h21,23-27,31-32,40-42,46-47H,6-20,22,28-30,33-39H2,1-5H3/b24-23+,25-21-,31-26+,32-27-/t40-,41-,42-/m1/s1. The summed E-state index contributed by atoms with van der Waals surface area (Å²) in [5, 5.41) is 20.3. The van der Waals surface area contributed by atoms with E-state index in [2.05, 4.69) is 19.9 Å². The van der Waals surface area contributed by atoms with E-state index in [4.69, 9.17) is 18.5 Å². The Morgan fingerprint density at radius 2 is 1.20 bits per heavy atom. The van der Waals surface area contributed by atoms with Gasteiger partial charge in [0, 0.05) is 12.8 Å². The molecular weight excluding hydrogens is 733 g/mol. The molecule has 326 valence electrons.